The van der Waals surface area contributed by atoms with Gasteiger partial charge in [-0.05, 0) is 26.0 Å². The van der Waals surface area contributed by atoms with Crippen LogP contribution in [0.15, 0.2) is 59.1 Å². The molecular formula is C24H28FN3O3. The number of anilines is 1. The maximum Gasteiger partial charge on any atom is 0.257 e. The Morgan fingerprint density at radius 3 is 2.39 bits per heavy atom. The fourth-order valence-corrected chi connectivity index (χ4v) is 3.47. The van der Waals surface area contributed by atoms with Gasteiger partial charge in [0, 0.05) is 32.3 Å². The summed E-state index contributed by atoms with van der Waals surface area (Å²) in [5, 5.41) is 4.33. The third-order valence-electron chi connectivity index (χ3n) is 5.17. The van der Waals surface area contributed by atoms with E-state index < -0.39 is 11.7 Å². The monoisotopic (exact) mass is 425 g/mol. The summed E-state index contributed by atoms with van der Waals surface area (Å²) in [5.74, 6) is -0.332. The van der Waals surface area contributed by atoms with Crippen LogP contribution in [0, 0.1) is 5.82 Å². The second kappa shape index (κ2) is 10.7. The van der Waals surface area contributed by atoms with Gasteiger partial charge in [-0.2, -0.15) is 0 Å². The molecule has 2 aromatic carbocycles. The Balaban J connectivity index is 2.04. The summed E-state index contributed by atoms with van der Waals surface area (Å²) in [6.07, 6.45) is 0. The lowest BCUT2D eigenvalue weighted by molar-refractivity contribution is 0.0676. The van der Waals surface area contributed by atoms with Crippen molar-refractivity contribution in [3.63, 3.8) is 0 Å². The molecule has 1 heterocycles. The average Bonchev–Trinajstić information content (AvgIpc) is 3.21. The molecule has 0 aliphatic heterocycles. The van der Waals surface area contributed by atoms with Crippen molar-refractivity contribution >= 4 is 11.8 Å². The zero-order chi connectivity index (χ0) is 22.2. The van der Waals surface area contributed by atoms with Crippen molar-refractivity contribution in [2.45, 2.75) is 20.4 Å². The molecule has 31 heavy (non-hydrogen) atoms. The summed E-state index contributed by atoms with van der Waals surface area (Å²) in [7, 11) is 1.57. The van der Waals surface area contributed by atoms with E-state index in [2.05, 4.69) is 10.1 Å². The van der Waals surface area contributed by atoms with Gasteiger partial charge in [-0.3, -0.25) is 4.79 Å². The van der Waals surface area contributed by atoms with Crippen molar-refractivity contribution in [1.29, 1.82) is 0 Å². The molecule has 3 aromatic rings. The fraction of sp³-hybridized carbons (Fsp3) is 0.333. The number of rotatable bonds is 10. The van der Waals surface area contributed by atoms with Crippen molar-refractivity contribution < 1.29 is 18.4 Å². The van der Waals surface area contributed by atoms with Crippen LogP contribution in [0.2, 0.25) is 0 Å². The molecule has 1 amide bonds. The van der Waals surface area contributed by atoms with Crippen LogP contribution >= 0.6 is 0 Å². The molecule has 0 saturated heterocycles. The largest absolute Gasteiger partial charge is 0.383 e. The Kier molecular flexibility index (Phi) is 7.78. The number of carbonyl (C=O) groups is 1. The van der Waals surface area contributed by atoms with E-state index in [-0.39, 0.29) is 12.1 Å². The molecule has 6 nitrogen and oxygen atoms in total. The SMILES string of the molecule is CCN(CC)c1onc(-c2ccccc2)c1CN(CCOC)C(=O)c1ccccc1F. The van der Waals surface area contributed by atoms with Crippen molar-refractivity contribution in [3.8, 4) is 11.3 Å². The second-order valence-corrected chi connectivity index (χ2v) is 7.05. The van der Waals surface area contributed by atoms with E-state index in [0.29, 0.717) is 24.7 Å². The van der Waals surface area contributed by atoms with Crippen LogP contribution in [-0.2, 0) is 11.3 Å². The fourth-order valence-electron chi connectivity index (χ4n) is 3.47. The molecule has 0 bridgehead atoms. The van der Waals surface area contributed by atoms with E-state index in [1.807, 2.05) is 44.2 Å². The zero-order valence-corrected chi connectivity index (χ0v) is 18.2. The highest BCUT2D eigenvalue weighted by molar-refractivity contribution is 5.94. The van der Waals surface area contributed by atoms with Crippen LogP contribution in [-0.4, -0.2) is 49.3 Å². The summed E-state index contributed by atoms with van der Waals surface area (Å²) in [6.45, 7) is 6.37. The number of aromatic nitrogens is 1. The van der Waals surface area contributed by atoms with Crippen LogP contribution in [0.1, 0.15) is 29.8 Å². The van der Waals surface area contributed by atoms with E-state index in [4.69, 9.17) is 9.26 Å². The van der Waals surface area contributed by atoms with Crippen molar-refractivity contribution in [1.82, 2.24) is 10.1 Å². The van der Waals surface area contributed by atoms with Crippen molar-refractivity contribution in [3.05, 3.63) is 71.5 Å². The Morgan fingerprint density at radius 2 is 1.74 bits per heavy atom. The minimum atomic E-state index is -0.549. The molecule has 0 unspecified atom stereocenters. The summed E-state index contributed by atoms with van der Waals surface area (Å²) in [4.78, 5) is 16.9. The zero-order valence-electron chi connectivity index (χ0n) is 18.2. The van der Waals surface area contributed by atoms with Gasteiger partial charge in [0.25, 0.3) is 5.91 Å². The van der Waals surface area contributed by atoms with E-state index in [0.717, 1.165) is 24.2 Å². The Labute approximate surface area is 182 Å². The average molecular weight is 426 g/mol. The lowest BCUT2D eigenvalue weighted by Gasteiger charge is -2.25. The molecule has 0 radical (unpaired) electrons. The molecule has 7 heteroatoms. The third-order valence-corrected chi connectivity index (χ3v) is 5.17. The molecule has 0 fully saturated rings. The maximum atomic E-state index is 14.3. The van der Waals surface area contributed by atoms with E-state index in [9.17, 15) is 9.18 Å². The maximum absolute atomic E-state index is 14.3. The normalized spacial score (nSPS) is 10.8. The first kappa shape index (κ1) is 22.5. The summed E-state index contributed by atoms with van der Waals surface area (Å²) >= 11 is 0. The highest BCUT2D eigenvalue weighted by Crippen LogP contribution is 2.32. The van der Waals surface area contributed by atoms with Gasteiger partial charge in [0.15, 0.2) is 0 Å². The van der Waals surface area contributed by atoms with Gasteiger partial charge in [-0.1, -0.05) is 47.6 Å². The van der Waals surface area contributed by atoms with Gasteiger partial charge < -0.3 is 19.1 Å². The Bertz CT molecular complexity index is 987. The van der Waals surface area contributed by atoms with E-state index in [1.54, 1.807) is 24.1 Å². The molecule has 0 N–H and O–H groups in total. The number of hydrogen-bond donors (Lipinski definition) is 0. The van der Waals surface area contributed by atoms with Gasteiger partial charge in [0.1, 0.15) is 11.5 Å². The predicted octanol–water partition coefficient (Wildman–Crippen LogP) is 4.62. The minimum Gasteiger partial charge on any atom is -0.383 e. The number of hydrogen-bond acceptors (Lipinski definition) is 5. The smallest absolute Gasteiger partial charge is 0.257 e. The molecule has 0 saturated carbocycles. The highest BCUT2D eigenvalue weighted by Gasteiger charge is 2.26. The number of nitrogens with zero attached hydrogens (tertiary/aromatic N) is 3. The van der Waals surface area contributed by atoms with Gasteiger partial charge in [-0.25, -0.2) is 4.39 Å². The van der Waals surface area contributed by atoms with Crippen LogP contribution < -0.4 is 4.90 Å². The number of benzene rings is 2. The molecule has 164 valence electrons. The molecule has 1 aromatic heterocycles. The topological polar surface area (TPSA) is 58.8 Å². The van der Waals surface area contributed by atoms with Crippen molar-refractivity contribution in [2.24, 2.45) is 0 Å². The Morgan fingerprint density at radius 1 is 1.06 bits per heavy atom. The molecule has 0 spiro atoms. The summed E-state index contributed by atoms with van der Waals surface area (Å²) < 4.78 is 25.3. The number of methoxy groups -OCH3 is 1. The number of ether oxygens (including phenoxy) is 1. The van der Waals surface area contributed by atoms with Crippen LogP contribution in [0.4, 0.5) is 10.3 Å². The first-order valence-corrected chi connectivity index (χ1v) is 10.4. The first-order valence-electron chi connectivity index (χ1n) is 10.4. The summed E-state index contributed by atoms with van der Waals surface area (Å²) in [6, 6.07) is 15.7. The van der Waals surface area contributed by atoms with Gasteiger partial charge >= 0.3 is 0 Å². The number of amides is 1. The quantitative estimate of drug-likeness (QED) is 0.475. The van der Waals surface area contributed by atoms with E-state index >= 15 is 0 Å². The molecular weight excluding hydrogens is 397 g/mol. The van der Waals surface area contributed by atoms with Gasteiger partial charge in [0.2, 0.25) is 5.88 Å². The van der Waals surface area contributed by atoms with Gasteiger partial charge in [0.05, 0.1) is 24.3 Å². The molecule has 0 aliphatic rings. The molecule has 0 atom stereocenters. The van der Waals surface area contributed by atoms with Crippen molar-refractivity contribution in [2.75, 3.05) is 38.3 Å². The van der Waals surface area contributed by atoms with Crippen LogP contribution in [0.25, 0.3) is 11.3 Å². The molecule has 3 rings (SSSR count). The second-order valence-electron chi connectivity index (χ2n) is 7.05. The van der Waals surface area contributed by atoms with Crippen LogP contribution in [0.3, 0.4) is 0 Å². The van der Waals surface area contributed by atoms with E-state index in [1.165, 1.54) is 12.1 Å². The predicted molar refractivity (Wildman–Crippen MR) is 119 cm³/mol. The Hall–Kier alpha value is -3.19. The first-order chi connectivity index (χ1) is 15.1. The molecule has 0 aliphatic carbocycles. The number of carbonyl (C=O) groups excluding carboxylic acids is 1. The standard InChI is InChI=1S/C24H28FN3O3/c1-4-27(5-2)24-20(22(26-31-24)18-11-7-6-8-12-18)17-28(15-16-30-3)23(29)19-13-9-10-14-21(19)25/h6-14H,4-5,15-17H2,1-3H3. The summed E-state index contributed by atoms with van der Waals surface area (Å²) in [5.41, 5.74) is 2.38. The van der Waals surface area contributed by atoms with Gasteiger partial charge in [-0.15, -0.1) is 0 Å². The lowest BCUT2D eigenvalue weighted by Crippen LogP contribution is -2.35. The number of halogens is 1. The lowest BCUT2D eigenvalue weighted by atomic mass is 10.1. The minimum absolute atomic E-state index is 0.0284. The highest BCUT2D eigenvalue weighted by atomic mass is 19.1. The third kappa shape index (κ3) is 5.11. The van der Waals surface area contributed by atoms with Crippen LogP contribution in [0.5, 0.6) is 0 Å².